The third kappa shape index (κ3) is 4.44. The first-order chi connectivity index (χ1) is 12.5. The number of anilines is 1. The van der Waals surface area contributed by atoms with Gasteiger partial charge in [-0.2, -0.15) is 0 Å². The minimum Gasteiger partial charge on any atom is -0.481 e. The monoisotopic (exact) mass is 358 g/mol. The molecule has 1 aliphatic heterocycles. The van der Waals surface area contributed by atoms with E-state index in [0.29, 0.717) is 6.42 Å². The average molecular weight is 358 g/mol. The van der Waals surface area contributed by atoms with Crippen molar-refractivity contribution in [2.45, 2.75) is 71.4 Å². The fraction of sp³-hybridized carbons (Fsp3) is 0.619. The van der Waals surface area contributed by atoms with Crippen LogP contribution in [0.25, 0.3) is 0 Å². The van der Waals surface area contributed by atoms with E-state index < -0.39 is 5.97 Å². The number of benzene rings is 1. The molecule has 1 fully saturated rings. The van der Waals surface area contributed by atoms with Crippen molar-refractivity contribution in [2.24, 2.45) is 5.41 Å². The Morgan fingerprint density at radius 1 is 1.15 bits per heavy atom. The highest BCUT2D eigenvalue weighted by Gasteiger charge is 2.36. The summed E-state index contributed by atoms with van der Waals surface area (Å²) >= 11 is 0. The number of carbonyl (C=O) groups is 2. The van der Waals surface area contributed by atoms with Gasteiger partial charge in [-0.05, 0) is 48.4 Å². The standard InChI is InChI=1S/C21H30N2O3/c1-2-11-23-14-16-7-6-8-18(17(16)15-23)22-19(24)12-21(13-20(25)26)9-4-3-5-10-21/h6-8H,2-5,9-15H2,1H3,(H,22,24)(H,25,26). The minimum atomic E-state index is -0.796. The first kappa shape index (κ1) is 18.9. The molecule has 3 rings (SSSR count). The highest BCUT2D eigenvalue weighted by atomic mass is 16.4. The van der Waals surface area contributed by atoms with Crippen LogP contribution in [0.1, 0.15) is 69.4 Å². The summed E-state index contributed by atoms with van der Waals surface area (Å²) in [6.07, 6.45) is 6.38. The van der Waals surface area contributed by atoms with E-state index in [0.717, 1.165) is 63.8 Å². The van der Waals surface area contributed by atoms with Gasteiger partial charge in [0.15, 0.2) is 0 Å². The van der Waals surface area contributed by atoms with Crippen LogP contribution < -0.4 is 5.32 Å². The van der Waals surface area contributed by atoms with Crippen molar-refractivity contribution in [3.63, 3.8) is 0 Å². The zero-order valence-electron chi connectivity index (χ0n) is 15.7. The smallest absolute Gasteiger partial charge is 0.303 e. The Hall–Kier alpha value is -1.88. The normalized spacial score (nSPS) is 19.1. The fourth-order valence-electron chi connectivity index (χ4n) is 4.65. The van der Waals surface area contributed by atoms with E-state index in [2.05, 4.69) is 23.2 Å². The van der Waals surface area contributed by atoms with E-state index in [1.807, 2.05) is 12.1 Å². The van der Waals surface area contributed by atoms with E-state index in [1.54, 1.807) is 0 Å². The number of amides is 1. The highest BCUT2D eigenvalue weighted by Crippen LogP contribution is 2.42. The molecule has 1 saturated carbocycles. The topological polar surface area (TPSA) is 69.6 Å². The number of fused-ring (bicyclic) bond motifs is 1. The number of carboxylic acid groups (broad SMARTS) is 1. The number of hydrogen-bond donors (Lipinski definition) is 2. The summed E-state index contributed by atoms with van der Waals surface area (Å²) in [6, 6.07) is 6.10. The fourth-order valence-corrected chi connectivity index (χ4v) is 4.65. The number of nitrogens with one attached hydrogen (secondary N) is 1. The number of carbonyl (C=O) groups excluding carboxylic acids is 1. The number of hydrogen-bond acceptors (Lipinski definition) is 3. The minimum absolute atomic E-state index is 0.0458. The largest absolute Gasteiger partial charge is 0.481 e. The number of carboxylic acids is 1. The Labute approximate surface area is 155 Å². The number of nitrogens with zero attached hydrogens (tertiary/aromatic N) is 1. The molecule has 1 amide bonds. The van der Waals surface area contributed by atoms with Crippen molar-refractivity contribution in [3.8, 4) is 0 Å². The highest BCUT2D eigenvalue weighted by molar-refractivity contribution is 5.92. The predicted octanol–water partition coefficient (Wildman–Crippen LogP) is 4.17. The zero-order chi connectivity index (χ0) is 18.6. The van der Waals surface area contributed by atoms with Gasteiger partial charge in [0.2, 0.25) is 5.91 Å². The third-order valence-electron chi connectivity index (χ3n) is 5.84. The molecular formula is C21H30N2O3. The van der Waals surface area contributed by atoms with E-state index in [4.69, 9.17) is 0 Å². The van der Waals surface area contributed by atoms with Gasteiger partial charge in [-0.15, -0.1) is 0 Å². The molecule has 0 aromatic heterocycles. The Kier molecular flexibility index (Phi) is 5.97. The lowest BCUT2D eigenvalue weighted by Crippen LogP contribution is -2.32. The molecule has 0 unspecified atom stereocenters. The summed E-state index contributed by atoms with van der Waals surface area (Å²) in [6.45, 7) is 5.05. The van der Waals surface area contributed by atoms with Crippen LogP contribution in [0.5, 0.6) is 0 Å². The molecule has 0 saturated heterocycles. The maximum atomic E-state index is 12.8. The number of aliphatic carboxylic acids is 1. The second kappa shape index (κ2) is 8.21. The van der Waals surface area contributed by atoms with Gasteiger partial charge in [0.25, 0.3) is 0 Å². The molecule has 1 heterocycles. The molecule has 2 aliphatic rings. The summed E-state index contributed by atoms with van der Waals surface area (Å²) in [5.74, 6) is -0.842. The van der Waals surface area contributed by atoms with Crippen LogP contribution in [0.2, 0.25) is 0 Å². The van der Waals surface area contributed by atoms with Crippen molar-refractivity contribution in [1.29, 1.82) is 0 Å². The molecule has 0 bridgehead atoms. The van der Waals surface area contributed by atoms with Gasteiger partial charge in [0.05, 0.1) is 6.42 Å². The lowest BCUT2D eigenvalue weighted by Gasteiger charge is -2.35. The lowest BCUT2D eigenvalue weighted by molar-refractivity contribution is -0.140. The maximum Gasteiger partial charge on any atom is 0.303 e. The van der Waals surface area contributed by atoms with Crippen molar-refractivity contribution < 1.29 is 14.7 Å². The van der Waals surface area contributed by atoms with Gasteiger partial charge in [-0.1, -0.05) is 38.3 Å². The van der Waals surface area contributed by atoms with Gasteiger partial charge in [-0.3, -0.25) is 14.5 Å². The molecule has 1 aromatic carbocycles. The van der Waals surface area contributed by atoms with Gasteiger partial charge in [0.1, 0.15) is 0 Å². The molecular weight excluding hydrogens is 328 g/mol. The van der Waals surface area contributed by atoms with Crippen LogP contribution >= 0.6 is 0 Å². The lowest BCUT2D eigenvalue weighted by atomic mass is 9.69. The number of rotatable bonds is 7. The Morgan fingerprint density at radius 3 is 2.62 bits per heavy atom. The van der Waals surface area contributed by atoms with Crippen molar-refractivity contribution >= 4 is 17.6 Å². The van der Waals surface area contributed by atoms with E-state index in [1.165, 1.54) is 11.1 Å². The van der Waals surface area contributed by atoms with Gasteiger partial charge in [-0.25, -0.2) is 0 Å². The molecule has 0 radical (unpaired) electrons. The summed E-state index contributed by atoms with van der Waals surface area (Å²) in [5, 5.41) is 12.4. The van der Waals surface area contributed by atoms with Gasteiger partial charge >= 0.3 is 5.97 Å². The van der Waals surface area contributed by atoms with Crippen molar-refractivity contribution in [3.05, 3.63) is 29.3 Å². The Bertz CT molecular complexity index is 665. The average Bonchev–Trinajstić information content (AvgIpc) is 2.98. The molecule has 0 atom stereocenters. The van der Waals surface area contributed by atoms with E-state index in [9.17, 15) is 14.7 Å². The Morgan fingerprint density at radius 2 is 1.92 bits per heavy atom. The van der Waals surface area contributed by atoms with E-state index in [-0.39, 0.29) is 17.7 Å². The maximum absolute atomic E-state index is 12.8. The van der Waals surface area contributed by atoms with Crippen molar-refractivity contribution in [2.75, 3.05) is 11.9 Å². The van der Waals surface area contributed by atoms with Gasteiger partial charge in [0, 0.05) is 25.2 Å². The van der Waals surface area contributed by atoms with Crippen LogP contribution in [0.4, 0.5) is 5.69 Å². The quantitative estimate of drug-likeness (QED) is 0.768. The molecule has 5 nitrogen and oxygen atoms in total. The molecule has 2 N–H and O–H groups in total. The van der Waals surface area contributed by atoms with Crippen LogP contribution in [0.3, 0.4) is 0 Å². The van der Waals surface area contributed by atoms with E-state index >= 15 is 0 Å². The van der Waals surface area contributed by atoms with Gasteiger partial charge < -0.3 is 10.4 Å². The Balaban J connectivity index is 1.69. The predicted molar refractivity (Wildman–Crippen MR) is 102 cm³/mol. The zero-order valence-corrected chi connectivity index (χ0v) is 15.7. The SMILES string of the molecule is CCCN1Cc2cccc(NC(=O)CC3(CC(=O)O)CCCCC3)c2C1. The second-order valence-electron chi connectivity index (χ2n) is 8.01. The second-order valence-corrected chi connectivity index (χ2v) is 8.01. The third-order valence-corrected chi connectivity index (χ3v) is 5.84. The molecule has 1 aliphatic carbocycles. The van der Waals surface area contributed by atoms with Crippen LogP contribution in [-0.2, 0) is 22.7 Å². The van der Waals surface area contributed by atoms with Crippen LogP contribution in [-0.4, -0.2) is 28.4 Å². The molecule has 142 valence electrons. The molecule has 0 spiro atoms. The first-order valence-corrected chi connectivity index (χ1v) is 9.86. The molecule has 5 heteroatoms. The molecule has 26 heavy (non-hydrogen) atoms. The summed E-state index contributed by atoms with van der Waals surface area (Å²) in [5.41, 5.74) is 3.02. The van der Waals surface area contributed by atoms with Crippen LogP contribution in [0, 0.1) is 5.41 Å². The van der Waals surface area contributed by atoms with Crippen LogP contribution in [0.15, 0.2) is 18.2 Å². The first-order valence-electron chi connectivity index (χ1n) is 9.86. The summed E-state index contributed by atoms with van der Waals surface area (Å²) < 4.78 is 0. The van der Waals surface area contributed by atoms with Crippen molar-refractivity contribution in [1.82, 2.24) is 4.90 Å². The summed E-state index contributed by atoms with van der Waals surface area (Å²) in [4.78, 5) is 26.5. The molecule has 1 aromatic rings. The summed E-state index contributed by atoms with van der Waals surface area (Å²) in [7, 11) is 0.